The van der Waals surface area contributed by atoms with Crippen molar-refractivity contribution in [3.8, 4) is 0 Å². The van der Waals surface area contributed by atoms with Gasteiger partial charge in [0.15, 0.2) is 0 Å². The molecule has 1 heterocycles. The number of benzene rings is 3. The van der Waals surface area contributed by atoms with E-state index in [1.165, 1.54) is 5.69 Å². The Balaban J connectivity index is 1.19. The lowest BCUT2D eigenvalue weighted by atomic mass is 10.1. The first-order chi connectivity index (χ1) is 14.2. The van der Waals surface area contributed by atoms with Gasteiger partial charge < -0.3 is 10.2 Å². The molecule has 0 bridgehead atoms. The van der Waals surface area contributed by atoms with E-state index in [0.717, 1.165) is 60.5 Å². The van der Waals surface area contributed by atoms with Gasteiger partial charge in [-0.1, -0.05) is 41.9 Å². The molecule has 1 fully saturated rings. The Hall–Kier alpha value is -2.56. The Morgan fingerprint density at radius 3 is 2.38 bits per heavy atom. The van der Waals surface area contributed by atoms with Crippen LogP contribution in [-0.4, -0.2) is 50.1 Å². The highest BCUT2D eigenvalue weighted by Gasteiger charge is 2.16. The smallest absolute Gasteiger partial charge is 0.251 e. The van der Waals surface area contributed by atoms with Crippen molar-refractivity contribution in [3.05, 3.63) is 77.3 Å². The van der Waals surface area contributed by atoms with Crippen molar-refractivity contribution in [2.24, 2.45) is 0 Å². The molecule has 4 rings (SSSR count). The van der Waals surface area contributed by atoms with Gasteiger partial charge in [0.2, 0.25) is 0 Å². The lowest BCUT2D eigenvalue weighted by Gasteiger charge is -2.36. The van der Waals surface area contributed by atoms with Gasteiger partial charge in [-0.15, -0.1) is 0 Å². The lowest BCUT2D eigenvalue weighted by Crippen LogP contribution is -2.47. The minimum absolute atomic E-state index is 0.00307. The number of amides is 1. The predicted octanol–water partition coefficient (Wildman–Crippen LogP) is 4.44. The second kappa shape index (κ2) is 9.29. The zero-order valence-corrected chi connectivity index (χ0v) is 17.2. The maximum Gasteiger partial charge on any atom is 0.251 e. The topological polar surface area (TPSA) is 35.6 Å². The van der Waals surface area contributed by atoms with Crippen LogP contribution in [0.5, 0.6) is 0 Å². The summed E-state index contributed by atoms with van der Waals surface area (Å²) in [6.45, 7) is 5.83. The molecule has 1 N–H and O–H groups in total. The zero-order chi connectivity index (χ0) is 20.1. The molecule has 0 spiro atoms. The first-order valence-corrected chi connectivity index (χ1v) is 10.6. The molecule has 0 radical (unpaired) electrons. The summed E-state index contributed by atoms with van der Waals surface area (Å²) in [7, 11) is 0. The molecule has 0 unspecified atom stereocenters. The third-order valence-electron chi connectivity index (χ3n) is 5.51. The Bertz CT molecular complexity index is 965. The number of anilines is 1. The molecule has 0 atom stereocenters. The monoisotopic (exact) mass is 407 g/mol. The van der Waals surface area contributed by atoms with Crippen molar-refractivity contribution in [1.82, 2.24) is 10.2 Å². The second-order valence-electron chi connectivity index (χ2n) is 7.48. The summed E-state index contributed by atoms with van der Waals surface area (Å²) < 4.78 is 0. The first kappa shape index (κ1) is 19.7. The van der Waals surface area contributed by atoms with E-state index in [2.05, 4.69) is 33.3 Å². The van der Waals surface area contributed by atoms with Gasteiger partial charge in [0.1, 0.15) is 0 Å². The number of nitrogens with one attached hydrogen (secondary N) is 1. The molecule has 5 heteroatoms. The summed E-state index contributed by atoms with van der Waals surface area (Å²) in [5.41, 5.74) is 1.96. The summed E-state index contributed by atoms with van der Waals surface area (Å²) in [5.74, 6) is 0.00307. The molecular formula is C24H26ClN3O. The molecule has 150 valence electrons. The standard InChI is InChI=1S/C24H26ClN3O/c25-22-8-10-23(11-9-22)28-16-14-27(15-17-28)13-3-12-26-24(29)21-7-6-19-4-1-2-5-20(19)18-21/h1-2,4-11,18H,3,12-17H2,(H,26,29). The number of hydrogen-bond donors (Lipinski definition) is 1. The Labute approximate surface area is 177 Å². The molecular weight excluding hydrogens is 382 g/mol. The van der Waals surface area contributed by atoms with E-state index >= 15 is 0 Å². The van der Waals surface area contributed by atoms with E-state index in [4.69, 9.17) is 11.6 Å². The highest BCUT2D eigenvalue weighted by atomic mass is 35.5. The Morgan fingerprint density at radius 2 is 1.62 bits per heavy atom. The minimum atomic E-state index is 0.00307. The molecule has 3 aromatic carbocycles. The third-order valence-corrected chi connectivity index (χ3v) is 5.76. The van der Waals surface area contributed by atoms with Crippen LogP contribution in [0.3, 0.4) is 0 Å². The van der Waals surface area contributed by atoms with Gasteiger partial charge in [0.05, 0.1) is 0 Å². The molecule has 0 aromatic heterocycles. The highest BCUT2D eigenvalue weighted by Crippen LogP contribution is 2.19. The average Bonchev–Trinajstić information content (AvgIpc) is 2.77. The SMILES string of the molecule is O=C(NCCCN1CCN(c2ccc(Cl)cc2)CC1)c1ccc2ccccc2c1. The number of carbonyl (C=O) groups excluding carboxylic acids is 1. The molecule has 4 nitrogen and oxygen atoms in total. The summed E-state index contributed by atoms with van der Waals surface area (Å²) in [4.78, 5) is 17.3. The van der Waals surface area contributed by atoms with Crippen LogP contribution in [0.1, 0.15) is 16.8 Å². The lowest BCUT2D eigenvalue weighted by molar-refractivity contribution is 0.0951. The van der Waals surface area contributed by atoms with E-state index in [1.807, 2.05) is 48.5 Å². The van der Waals surface area contributed by atoms with Gasteiger partial charge in [-0.25, -0.2) is 0 Å². The molecule has 0 saturated carbocycles. The van der Waals surface area contributed by atoms with Gasteiger partial charge in [0.25, 0.3) is 5.91 Å². The maximum atomic E-state index is 12.4. The van der Waals surface area contributed by atoms with Crippen molar-refractivity contribution < 1.29 is 4.79 Å². The van der Waals surface area contributed by atoms with Crippen LogP contribution in [0.2, 0.25) is 5.02 Å². The largest absolute Gasteiger partial charge is 0.369 e. The fourth-order valence-corrected chi connectivity index (χ4v) is 3.94. The predicted molar refractivity (Wildman–Crippen MR) is 121 cm³/mol. The molecule has 1 aliphatic heterocycles. The van der Waals surface area contributed by atoms with Gasteiger partial charge in [-0.2, -0.15) is 0 Å². The van der Waals surface area contributed by atoms with E-state index in [-0.39, 0.29) is 5.91 Å². The summed E-state index contributed by atoms with van der Waals surface area (Å²) in [6.07, 6.45) is 0.959. The molecule has 1 saturated heterocycles. The van der Waals surface area contributed by atoms with Gasteiger partial charge in [-0.05, 0) is 60.1 Å². The number of fused-ring (bicyclic) bond motifs is 1. The van der Waals surface area contributed by atoms with Crippen molar-refractivity contribution in [2.45, 2.75) is 6.42 Å². The van der Waals surface area contributed by atoms with Gasteiger partial charge in [0, 0.05) is 49.0 Å². The van der Waals surface area contributed by atoms with Crippen LogP contribution < -0.4 is 10.2 Å². The van der Waals surface area contributed by atoms with E-state index in [0.29, 0.717) is 6.54 Å². The van der Waals surface area contributed by atoms with Crippen molar-refractivity contribution in [1.29, 1.82) is 0 Å². The minimum Gasteiger partial charge on any atom is -0.369 e. The maximum absolute atomic E-state index is 12.4. The van der Waals surface area contributed by atoms with Crippen molar-refractivity contribution in [3.63, 3.8) is 0 Å². The summed E-state index contributed by atoms with van der Waals surface area (Å²) in [6, 6.07) is 22.0. The Morgan fingerprint density at radius 1 is 0.897 bits per heavy atom. The van der Waals surface area contributed by atoms with Crippen LogP contribution in [-0.2, 0) is 0 Å². The van der Waals surface area contributed by atoms with Gasteiger partial charge >= 0.3 is 0 Å². The Kier molecular flexibility index (Phi) is 6.33. The van der Waals surface area contributed by atoms with Crippen molar-refractivity contribution in [2.75, 3.05) is 44.2 Å². The van der Waals surface area contributed by atoms with Gasteiger partial charge in [-0.3, -0.25) is 9.69 Å². The van der Waals surface area contributed by atoms with E-state index < -0.39 is 0 Å². The zero-order valence-electron chi connectivity index (χ0n) is 16.5. The highest BCUT2D eigenvalue weighted by molar-refractivity contribution is 6.30. The molecule has 1 aliphatic rings. The molecule has 0 aliphatic carbocycles. The quantitative estimate of drug-likeness (QED) is 0.614. The van der Waals surface area contributed by atoms with E-state index in [1.54, 1.807) is 0 Å². The number of rotatable bonds is 6. The summed E-state index contributed by atoms with van der Waals surface area (Å²) >= 11 is 5.98. The van der Waals surface area contributed by atoms with E-state index in [9.17, 15) is 4.79 Å². The van der Waals surface area contributed by atoms with Crippen LogP contribution in [0.15, 0.2) is 66.7 Å². The van der Waals surface area contributed by atoms with Crippen LogP contribution in [0.25, 0.3) is 10.8 Å². The average molecular weight is 408 g/mol. The first-order valence-electron chi connectivity index (χ1n) is 10.2. The third kappa shape index (κ3) is 5.08. The number of hydrogen-bond acceptors (Lipinski definition) is 3. The van der Waals surface area contributed by atoms with Crippen LogP contribution >= 0.6 is 11.6 Å². The second-order valence-corrected chi connectivity index (χ2v) is 7.91. The number of carbonyl (C=O) groups is 1. The van der Waals surface area contributed by atoms with Crippen molar-refractivity contribution >= 4 is 34.0 Å². The van der Waals surface area contributed by atoms with Crippen LogP contribution in [0.4, 0.5) is 5.69 Å². The molecule has 3 aromatic rings. The number of halogens is 1. The molecule has 1 amide bonds. The number of piperazine rings is 1. The summed E-state index contributed by atoms with van der Waals surface area (Å²) in [5, 5.41) is 6.08. The number of nitrogens with zero attached hydrogens (tertiary/aromatic N) is 2. The fourth-order valence-electron chi connectivity index (χ4n) is 3.82. The molecule has 29 heavy (non-hydrogen) atoms. The van der Waals surface area contributed by atoms with Crippen LogP contribution in [0, 0.1) is 0 Å². The normalized spacial score (nSPS) is 14.9. The fraction of sp³-hybridized carbons (Fsp3) is 0.292.